The number of methoxy groups -OCH3 is 1. The van der Waals surface area contributed by atoms with Crippen molar-refractivity contribution >= 4 is 18.0 Å². The minimum absolute atomic E-state index is 0.0154. The fraction of sp³-hybridized carbons (Fsp3) is 0.450. The summed E-state index contributed by atoms with van der Waals surface area (Å²) in [5.74, 6) is -1.43. The number of rotatable bonds is 8. The summed E-state index contributed by atoms with van der Waals surface area (Å²) < 4.78 is 48.3. The minimum atomic E-state index is -4.56. The third-order valence-electron chi connectivity index (χ3n) is 4.56. The van der Waals surface area contributed by atoms with E-state index >= 15 is 0 Å². The minimum Gasteiger partial charge on any atom is -0.497 e. The van der Waals surface area contributed by atoms with Crippen molar-refractivity contribution in [2.24, 2.45) is 5.92 Å². The second-order valence-electron chi connectivity index (χ2n) is 6.73. The maximum absolute atomic E-state index is 12.8. The average Bonchev–Trinajstić information content (AvgIpc) is 3.52. The maximum Gasteiger partial charge on any atom is 0.406 e. The molecule has 156 valence electrons. The average molecular weight is 410 g/mol. The molecular formula is C20H21F3N2O4. The van der Waals surface area contributed by atoms with Crippen molar-refractivity contribution in [1.82, 2.24) is 4.90 Å². The van der Waals surface area contributed by atoms with Crippen molar-refractivity contribution in [3.63, 3.8) is 0 Å². The lowest BCUT2D eigenvalue weighted by atomic mass is 10.1. The molecule has 0 aliphatic heterocycles. The predicted octanol–water partition coefficient (Wildman–Crippen LogP) is 3.33. The highest BCUT2D eigenvalue weighted by atomic mass is 19.4. The van der Waals surface area contributed by atoms with Crippen LogP contribution in [0, 0.1) is 17.2 Å². The monoisotopic (exact) mass is 410 g/mol. The summed E-state index contributed by atoms with van der Waals surface area (Å²) in [6, 6.07) is 7.54. The van der Waals surface area contributed by atoms with E-state index < -0.39 is 37.2 Å². The molecule has 0 N–H and O–H groups in total. The van der Waals surface area contributed by atoms with Gasteiger partial charge in [-0.2, -0.15) is 18.4 Å². The second-order valence-corrected chi connectivity index (χ2v) is 6.73. The van der Waals surface area contributed by atoms with Crippen molar-refractivity contribution in [1.29, 1.82) is 5.26 Å². The van der Waals surface area contributed by atoms with E-state index in [2.05, 4.69) is 0 Å². The highest BCUT2D eigenvalue weighted by Crippen LogP contribution is 2.36. The van der Waals surface area contributed by atoms with Crippen LogP contribution < -0.4 is 4.74 Å². The summed E-state index contributed by atoms with van der Waals surface area (Å²) in [7, 11) is 1.49. The van der Waals surface area contributed by atoms with E-state index in [4.69, 9.17) is 14.7 Å². The lowest BCUT2D eigenvalue weighted by molar-refractivity contribution is -0.170. The number of alkyl halides is 3. The van der Waals surface area contributed by atoms with Gasteiger partial charge in [0.2, 0.25) is 0 Å². The molecule has 0 aromatic heterocycles. The number of benzene rings is 1. The first-order valence-electron chi connectivity index (χ1n) is 8.94. The van der Waals surface area contributed by atoms with Gasteiger partial charge in [0.05, 0.1) is 7.11 Å². The summed E-state index contributed by atoms with van der Waals surface area (Å²) in [5, 5.41) is 9.17. The third-order valence-corrected chi connectivity index (χ3v) is 4.56. The number of hydrogen-bond donors (Lipinski definition) is 0. The Hall–Kier alpha value is -3.02. The first-order chi connectivity index (χ1) is 13.6. The Morgan fingerprint density at radius 1 is 1.31 bits per heavy atom. The van der Waals surface area contributed by atoms with Crippen LogP contribution in [-0.4, -0.2) is 49.3 Å². The van der Waals surface area contributed by atoms with Gasteiger partial charge in [-0.05, 0) is 49.5 Å². The number of esters is 1. The summed E-state index contributed by atoms with van der Waals surface area (Å²) >= 11 is 0. The van der Waals surface area contributed by atoms with Crippen LogP contribution in [0.2, 0.25) is 0 Å². The summed E-state index contributed by atoms with van der Waals surface area (Å²) in [6.45, 7) is -0.727. The normalized spacial score (nSPS) is 15.2. The number of carbonyl (C=O) groups is 2. The fourth-order valence-corrected chi connectivity index (χ4v) is 2.78. The SMILES string of the molecule is COc1ccc(/C=C(\C#N)C(=O)OCC(=O)N(CC(F)(F)F)[C@H](C)C2CC2)cc1. The van der Waals surface area contributed by atoms with E-state index in [0.717, 1.165) is 12.8 Å². The smallest absolute Gasteiger partial charge is 0.406 e. The number of amides is 1. The first-order valence-corrected chi connectivity index (χ1v) is 8.94. The fourth-order valence-electron chi connectivity index (χ4n) is 2.78. The Morgan fingerprint density at radius 3 is 2.41 bits per heavy atom. The van der Waals surface area contributed by atoms with Gasteiger partial charge < -0.3 is 14.4 Å². The quantitative estimate of drug-likeness (QED) is 0.373. The Labute approximate surface area is 166 Å². The topological polar surface area (TPSA) is 79.6 Å². The molecule has 1 atom stereocenters. The predicted molar refractivity (Wildman–Crippen MR) is 97.5 cm³/mol. The van der Waals surface area contributed by atoms with Gasteiger partial charge in [0.15, 0.2) is 6.61 Å². The first kappa shape index (κ1) is 22.3. The molecule has 0 unspecified atom stereocenters. The summed E-state index contributed by atoms with van der Waals surface area (Å²) in [6.07, 6.45) is -1.79. The molecule has 29 heavy (non-hydrogen) atoms. The standard InChI is InChI=1S/C20H21F3N2O4/c1-13(15-5-6-15)25(12-20(21,22)23)18(26)11-29-19(27)16(10-24)9-14-3-7-17(28-2)8-4-14/h3-4,7-9,13,15H,5-6,11-12H2,1-2H3/b16-9+/t13-/m1/s1. The molecule has 1 amide bonds. The van der Waals surface area contributed by atoms with Crippen LogP contribution in [-0.2, 0) is 14.3 Å². The highest BCUT2D eigenvalue weighted by Gasteiger charge is 2.40. The number of nitriles is 1. The molecule has 9 heteroatoms. The molecule has 0 heterocycles. The number of carbonyl (C=O) groups excluding carboxylic acids is 2. The zero-order valence-electron chi connectivity index (χ0n) is 16.0. The Bertz CT molecular complexity index is 809. The number of nitrogens with zero attached hydrogens (tertiary/aromatic N) is 2. The number of ether oxygens (including phenoxy) is 2. The molecule has 1 aromatic rings. The van der Waals surface area contributed by atoms with Gasteiger partial charge in [0, 0.05) is 6.04 Å². The lowest BCUT2D eigenvalue weighted by Gasteiger charge is -2.30. The Balaban J connectivity index is 2.02. The van der Waals surface area contributed by atoms with Gasteiger partial charge in [-0.3, -0.25) is 4.79 Å². The second kappa shape index (κ2) is 9.45. The molecule has 1 aliphatic rings. The molecule has 6 nitrogen and oxygen atoms in total. The van der Waals surface area contributed by atoms with E-state index in [1.165, 1.54) is 13.2 Å². The van der Waals surface area contributed by atoms with Crippen LogP contribution in [0.1, 0.15) is 25.3 Å². The van der Waals surface area contributed by atoms with E-state index in [1.807, 2.05) is 0 Å². The van der Waals surface area contributed by atoms with Gasteiger partial charge in [0.25, 0.3) is 5.91 Å². The van der Waals surface area contributed by atoms with E-state index in [0.29, 0.717) is 16.2 Å². The molecule has 1 fully saturated rings. The molecule has 0 saturated heterocycles. The van der Waals surface area contributed by atoms with Gasteiger partial charge in [-0.25, -0.2) is 4.79 Å². The van der Waals surface area contributed by atoms with Crippen LogP contribution in [0.3, 0.4) is 0 Å². The molecule has 0 radical (unpaired) electrons. The Kier molecular flexibility index (Phi) is 7.26. The van der Waals surface area contributed by atoms with Crippen molar-refractivity contribution < 1.29 is 32.2 Å². The maximum atomic E-state index is 12.8. The summed E-state index contributed by atoms with van der Waals surface area (Å²) in [4.78, 5) is 25.1. The number of hydrogen-bond acceptors (Lipinski definition) is 5. The van der Waals surface area contributed by atoms with Crippen LogP contribution in [0.25, 0.3) is 6.08 Å². The van der Waals surface area contributed by atoms with Gasteiger partial charge in [0.1, 0.15) is 23.9 Å². The van der Waals surface area contributed by atoms with Crippen LogP contribution in [0.5, 0.6) is 5.75 Å². The largest absolute Gasteiger partial charge is 0.497 e. The number of halogens is 3. The molecule has 2 rings (SSSR count). The third kappa shape index (κ3) is 6.82. The zero-order valence-corrected chi connectivity index (χ0v) is 16.0. The van der Waals surface area contributed by atoms with Gasteiger partial charge in [-0.1, -0.05) is 12.1 Å². The summed E-state index contributed by atoms with van der Waals surface area (Å²) in [5.41, 5.74) is 0.146. The molecule has 0 bridgehead atoms. The molecule has 1 aliphatic carbocycles. The van der Waals surface area contributed by atoms with Crippen LogP contribution >= 0.6 is 0 Å². The van der Waals surface area contributed by atoms with E-state index in [1.54, 1.807) is 37.3 Å². The van der Waals surface area contributed by atoms with Crippen molar-refractivity contribution in [2.75, 3.05) is 20.3 Å². The van der Waals surface area contributed by atoms with Crippen molar-refractivity contribution in [3.05, 3.63) is 35.4 Å². The van der Waals surface area contributed by atoms with E-state index in [-0.39, 0.29) is 11.5 Å². The molecule has 0 spiro atoms. The van der Waals surface area contributed by atoms with Crippen molar-refractivity contribution in [2.45, 2.75) is 32.0 Å². The highest BCUT2D eigenvalue weighted by molar-refractivity contribution is 5.98. The van der Waals surface area contributed by atoms with E-state index in [9.17, 15) is 22.8 Å². The Morgan fingerprint density at radius 2 is 1.93 bits per heavy atom. The molecule has 1 aromatic carbocycles. The van der Waals surface area contributed by atoms with Crippen LogP contribution in [0.15, 0.2) is 29.8 Å². The van der Waals surface area contributed by atoms with Crippen molar-refractivity contribution in [3.8, 4) is 11.8 Å². The molecule has 1 saturated carbocycles. The lowest BCUT2D eigenvalue weighted by Crippen LogP contribution is -2.47. The van der Waals surface area contributed by atoms with Gasteiger partial charge in [-0.15, -0.1) is 0 Å². The van der Waals surface area contributed by atoms with Crippen LogP contribution in [0.4, 0.5) is 13.2 Å². The van der Waals surface area contributed by atoms with Gasteiger partial charge >= 0.3 is 12.1 Å². The molecular weight excluding hydrogens is 389 g/mol. The zero-order chi connectivity index (χ0) is 21.6.